The van der Waals surface area contributed by atoms with Crippen molar-refractivity contribution in [3.8, 4) is 0 Å². The maximum absolute atomic E-state index is 10.9. The summed E-state index contributed by atoms with van der Waals surface area (Å²) in [6.07, 6.45) is 0. The Balaban J connectivity index is 2.88. The lowest BCUT2D eigenvalue weighted by Crippen LogP contribution is -2.30. The highest BCUT2D eigenvalue weighted by Crippen LogP contribution is 2.25. The number of benzene rings is 1. The minimum atomic E-state index is -0.422. The summed E-state index contributed by atoms with van der Waals surface area (Å²) < 4.78 is 0. The molecule has 0 fully saturated rings. The monoisotopic (exact) mass is 266 g/mol. The van der Waals surface area contributed by atoms with E-state index in [1.165, 1.54) is 6.07 Å². The number of carbonyl (C=O) groups is 1. The maximum Gasteiger partial charge on any atom is 0.292 e. The number of hydrogen-bond donors (Lipinski definition) is 2. The van der Waals surface area contributed by atoms with Crippen LogP contribution in [0, 0.1) is 10.1 Å². The lowest BCUT2D eigenvalue weighted by molar-refractivity contribution is -0.384. The zero-order valence-corrected chi connectivity index (χ0v) is 11.0. The van der Waals surface area contributed by atoms with Crippen molar-refractivity contribution in [3.05, 3.63) is 33.9 Å². The molecule has 0 atom stereocenters. The number of amides is 1. The Labute approximate surface area is 111 Å². The number of rotatable bonds is 7. The summed E-state index contributed by atoms with van der Waals surface area (Å²) in [7, 11) is 1.76. The number of nitro groups is 1. The molecule has 0 aliphatic carbocycles. The third kappa shape index (κ3) is 4.55. The van der Waals surface area contributed by atoms with Crippen LogP contribution in [0.5, 0.6) is 0 Å². The van der Waals surface area contributed by atoms with E-state index in [0.717, 1.165) is 5.56 Å². The van der Waals surface area contributed by atoms with Crippen LogP contribution in [0.4, 0.5) is 11.4 Å². The van der Waals surface area contributed by atoms with Crippen molar-refractivity contribution in [1.82, 2.24) is 4.90 Å². The third-order valence-electron chi connectivity index (χ3n) is 2.50. The van der Waals surface area contributed by atoms with Crippen molar-refractivity contribution >= 4 is 17.3 Å². The van der Waals surface area contributed by atoms with Crippen molar-refractivity contribution in [2.75, 3.05) is 25.5 Å². The number of carbonyl (C=O) groups excluding carboxylic acids is 1. The van der Waals surface area contributed by atoms with Gasteiger partial charge in [-0.1, -0.05) is 6.07 Å². The van der Waals surface area contributed by atoms with Gasteiger partial charge in [0.05, 0.1) is 11.5 Å². The molecular weight excluding hydrogens is 248 g/mol. The standard InChI is InChI=1S/C12H18N4O3/c1-3-14-10-6-9(4-5-11(10)16(18)19)7-15(2)8-12(13)17/h4-6,14H,3,7-8H2,1-2H3,(H2,13,17). The van der Waals surface area contributed by atoms with E-state index in [9.17, 15) is 14.9 Å². The molecule has 104 valence electrons. The van der Waals surface area contributed by atoms with E-state index >= 15 is 0 Å². The molecule has 0 saturated heterocycles. The highest BCUT2D eigenvalue weighted by molar-refractivity contribution is 5.75. The van der Waals surface area contributed by atoms with Gasteiger partial charge in [0, 0.05) is 19.2 Å². The van der Waals surface area contributed by atoms with Crippen molar-refractivity contribution < 1.29 is 9.72 Å². The van der Waals surface area contributed by atoms with Gasteiger partial charge in [0.15, 0.2) is 0 Å². The van der Waals surface area contributed by atoms with Crippen LogP contribution in [-0.4, -0.2) is 35.9 Å². The van der Waals surface area contributed by atoms with Crippen molar-refractivity contribution in [3.63, 3.8) is 0 Å². The fraction of sp³-hybridized carbons (Fsp3) is 0.417. The second-order valence-electron chi connectivity index (χ2n) is 4.28. The van der Waals surface area contributed by atoms with Crippen molar-refractivity contribution in [2.45, 2.75) is 13.5 Å². The molecule has 0 aromatic heterocycles. The number of nitro benzene ring substituents is 1. The number of nitrogens with two attached hydrogens (primary N) is 1. The maximum atomic E-state index is 10.9. The molecule has 0 bridgehead atoms. The van der Waals surface area contributed by atoms with E-state index in [1.807, 2.05) is 6.92 Å². The van der Waals surface area contributed by atoms with Crippen molar-refractivity contribution in [1.29, 1.82) is 0 Å². The number of hydrogen-bond acceptors (Lipinski definition) is 5. The Morgan fingerprint density at radius 1 is 1.53 bits per heavy atom. The second-order valence-corrected chi connectivity index (χ2v) is 4.28. The Kier molecular flexibility index (Phi) is 5.25. The molecule has 3 N–H and O–H groups in total. The number of likely N-dealkylation sites (N-methyl/N-ethyl adjacent to an activating group) is 1. The van der Waals surface area contributed by atoms with Gasteiger partial charge in [-0.3, -0.25) is 19.8 Å². The minimum Gasteiger partial charge on any atom is -0.380 e. The normalized spacial score (nSPS) is 10.5. The van der Waals surface area contributed by atoms with Gasteiger partial charge in [-0.15, -0.1) is 0 Å². The number of primary amides is 1. The smallest absolute Gasteiger partial charge is 0.292 e. The summed E-state index contributed by atoms with van der Waals surface area (Å²) in [6, 6.07) is 4.86. The molecule has 1 aromatic carbocycles. The predicted octanol–water partition coefficient (Wildman–Crippen LogP) is 0.944. The van der Waals surface area contributed by atoms with E-state index in [2.05, 4.69) is 5.32 Å². The minimum absolute atomic E-state index is 0.0446. The fourth-order valence-corrected chi connectivity index (χ4v) is 1.81. The molecule has 19 heavy (non-hydrogen) atoms. The van der Waals surface area contributed by atoms with Gasteiger partial charge in [0.25, 0.3) is 5.69 Å². The van der Waals surface area contributed by atoms with Gasteiger partial charge in [-0.25, -0.2) is 0 Å². The SMILES string of the molecule is CCNc1cc(CN(C)CC(N)=O)ccc1[N+](=O)[O-]. The molecule has 0 unspecified atom stereocenters. The van der Waals surface area contributed by atoms with Crippen LogP contribution in [0.1, 0.15) is 12.5 Å². The Hall–Kier alpha value is -2.15. The lowest BCUT2D eigenvalue weighted by Gasteiger charge is -2.15. The van der Waals surface area contributed by atoms with E-state index in [0.29, 0.717) is 18.8 Å². The molecule has 0 radical (unpaired) electrons. The molecule has 0 spiro atoms. The first-order valence-corrected chi connectivity index (χ1v) is 5.92. The first-order chi connectivity index (χ1) is 8.93. The quantitative estimate of drug-likeness (QED) is 0.565. The summed E-state index contributed by atoms with van der Waals surface area (Å²) >= 11 is 0. The number of nitrogens with zero attached hydrogens (tertiary/aromatic N) is 2. The number of anilines is 1. The molecule has 1 aromatic rings. The predicted molar refractivity (Wildman–Crippen MR) is 72.8 cm³/mol. The second kappa shape index (κ2) is 6.69. The largest absolute Gasteiger partial charge is 0.380 e. The summed E-state index contributed by atoms with van der Waals surface area (Å²) in [4.78, 5) is 23.0. The van der Waals surface area contributed by atoms with Crippen LogP contribution in [0.15, 0.2) is 18.2 Å². The molecule has 0 saturated carbocycles. The van der Waals surface area contributed by atoms with Crippen LogP contribution in [0.3, 0.4) is 0 Å². The Bertz CT molecular complexity index is 476. The van der Waals surface area contributed by atoms with Gasteiger partial charge in [0.1, 0.15) is 5.69 Å². The summed E-state index contributed by atoms with van der Waals surface area (Å²) in [5, 5.41) is 13.8. The summed E-state index contributed by atoms with van der Waals surface area (Å²) in [6.45, 7) is 3.11. The van der Waals surface area contributed by atoms with Crippen LogP contribution >= 0.6 is 0 Å². The summed E-state index contributed by atoms with van der Waals surface area (Å²) in [5.74, 6) is -0.406. The average Bonchev–Trinajstić information content (AvgIpc) is 2.27. The highest BCUT2D eigenvalue weighted by Gasteiger charge is 2.14. The topological polar surface area (TPSA) is 102 Å². The molecule has 0 aliphatic rings. The van der Waals surface area contributed by atoms with Crippen LogP contribution in [0.2, 0.25) is 0 Å². The number of nitrogens with one attached hydrogen (secondary N) is 1. The van der Waals surface area contributed by atoms with Gasteiger partial charge in [-0.05, 0) is 25.6 Å². The van der Waals surface area contributed by atoms with Gasteiger partial charge in [0.2, 0.25) is 5.91 Å². The molecule has 0 aliphatic heterocycles. The van der Waals surface area contributed by atoms with Crippen LogP contribution < -0.4 is 11.1 Å². The van der Waals surface area contributed by atoms with E-state index in [4.69, 9.17) is 5.73 Å². The third-order valence-corrected chi connectivity index (χ3v) is 2.50. The summed E-state index contributed by atoms with van der Waals surface area (Å²) in [5.41, 5.74) is 6.51. The van der Waals surface area contributed by atoms with Gasteiger partial charge < -0.3 is 11.1 Å². The van der Waals surface area contributed by atoms with E-state index in [-0.39, 0.29) is 12.2 Å². The van der Waals surface area contributed by atoms with Crippen LogP contribution in [0.25, 0.3) is 0 Å². The Morgan fingerprint density at radius 3 is 2.74 bits per heavy atom. The highest BCUT2D eigenvalue weighted by atomic mass is 16.6. The average molecular weight is 266 g/mol. The van der Waals surface area contributed by atoms with Gasteiger partial charge >= 0.3 is 0 Å². The molecule has 0 heterocycles. The van der Waals surface area contributed by atoms with Gasteiger partial charge in [-0.2, -0.15) is 0 Å². The zero-order chi connectivity index (χ0) is 14.4. The fourth-order valence-electron chi connectivity index (χ4n) is 1.81. The molecule has 1 amide bonds. The molecule has 7 nitrogen and oxygen atoms in total. The Morgan fingerprint density at radius 2 is 2.21 bits per heavy atom. The first-order valence-electron chi connectivity index (χ1n) is 5.92. The van der Waals surface area contributed by atoms with Crippen LogP contribution in [-0.2, 0) is 11.3 Å². The molecule has 1 rings (SSSR count). The lowest BCUT2D eigenvalue weighted by atomic mass is 10.1. The first kappa shape index (κ1) is 14.9. The molecular formula is C12H18N4O3. The zero-order valence-electron chi connectivity index (χ0n) is 11.0. The van der Waals surface area contributed by atoms with E-state index < -0.39 is 10.8 Å². The van der Waals surface area contributed by atoms with E-state index in [1.54, 1.807) is 24.1 Å². The molecule has 7 heteroatoms. The van der Waals surface area contributed by atoms with Crippen molar-refractivity contribution in [2.24, 2.45) is 5.73 Å².